The molecule has 14 heavy (non-hydrogen) atoms. The van der Waals surface area contributed by atoms with Crippen molar-refractivity contribution in [2.24, 2.45) is 0 Å². The van der Waals surface area contributed by atoms with Crippen molar-refractivity contribution in [2.45, 2.75) is 18.2 Å². The third-order valence-electron chi connectivity index (χ3n) is 1.88. The number of halogens is 3. The van der Waals surface area contributed by atoms with E-state index in [1.165, 1.54) is 6.92 Å². The zero-order chi connectivity index (χ0) is 10.7. The molecule has 1 nitrogen and oxygen atoms in total. The predicted molar refractivity (Wildman–Crippen MR) is 68.0 cm³/mol. The zero-order valence-corrected chi connectivity index (χ0v) is 11.2. The Labute approximate surface area is 107 Å². The Morgan fingerprint density at radius 1 is 1.57 bits per heavy atom. The fraction of sp³-hybridized carbons (Fsp3) is 0.300. The average molecular weight is 343 g/mol. The second-order valence-electron chi connectivity index (χ2n) is 2.95. The Morgan fingerprint density at radius 2 is 2.21 bits per heavy atom. The molecule has 0 saturated carbocycles. The van der Waals surface area contributed by atoms with Gasteiger partial charge in [0.05, 0.1) is 0 Å². The molecule has 4 heteroatoms. The Bertz CT molecular complexity index is 352. The van der Waals surface area contributed by atoms with Gasteiger partial charge in [-0.05, 0) is 52.8 Å². The van der Waals surface area contributed by atoms with Gasteiger partial charge in [-0.25, -0.2) is 0 Å². The maximum Gasteiger partial charge on any atom is 0.152 e. The first-order valence-electron chi connectivity index (χ1n) is 4.05. The van der Waals surface area contributed by atoms with E-state index in [1.54, 1.807) is 0 Å². The molecule has 0 heterocycles. The van der Waals surface area contributed by atoms with Crippen LogP contribution in [0.1, 0.15) is 23.4 Å². The van der Waals surface area contributed by atoms with Crippen LogP contribution in [0.5, 0.6) is 0 Å². The average Bonchev–Trinajstić information content (AvgIpc) is 2.16. The molecule has 1 unspecified atom stereocenters. The molecule has 0 aliphatic carbocycles. The fourth-order valence-corrected chi connectivity index (χ4v) is 2.16. The summed E-state index contributed by atoms with van der Waals surface area (Å²) in [5, 5.41) is -0.583. The van der Waals surface area contributed by atoms with Crippen molar-refractivity contribution in [1.29, 1.82) is 0 Å². The molecule has 0 amide bonds. The summed E-state index contributed by atoms with van der Waals surface area (Å²) in [6.07, 6.45) is 0. The molecule has 0 N–H and O–H groups in total. The van der Waals surface area contributed by atoms with Gasteiger partial charge in [0.1, 0.15) is 5.38 Å². The number of benzene rings is 1. The smallest absolute Gasteiger partial charge is 0.152 e. The summed E-state index contributed by atoms with van der Waals surface area (Å²) in [6.45, 7) is 1.48. The number of hydrogen-bond acceptors (Lipinski definition) is 1. The van der Waals surface area contributed by atoms with Crippen LogP contribution in [0.2, 0.25) is 0 Å². The summed E-state index contributed by atoms with van der Waals surface area (Å²) in [5.74, 6) is 0.321. The van der Waals surface area contributed by atoms with Gasteiger partial charge >= 0.3 is 0 Å². The molecule has 1 atom stereocenters. The van der Waals surface area contributed by atoms with Crippen LogP contribution in [0.15, 0.2) is 18.2 Å². The first-order valence-corrected chi connectivity index (χ1v) is 6.10. The number of carbonyl (C=O) groups excluding carboxylic acids is 1. The first-order chi connectivity index (χ1) is 6.56. The SMILES string of the molecule is CC(=O)C(Cl)c1ccc(I)cc1CCl. The van der Waals surface area contributed by atoms with E-state index in [0.717, 1.165) is 14.7 Å². The number of carbonyl (C=O) groups is 1. The van der Waals surface area contributed by atoms with Gasteiger partial charge in [-0.1, -0.05) is 6.07 Å². The number of rotatable bonds is 3. The molecule has 0 fully saturated rings. The van der Waals surface area contributed by atoms with Crippen molar-refractivity contribution in [1.82, 2.24) is 0 Å². The summed E-state index contributed by atoms with van der Waals surface area (Å²) in [6, 6.07) is 5.73. The summed E-state index contributed by atoms with van der Waals surface area (Å²) in [5.41, 5.74) is 1.74. The largest absolute Gasteiger partial charge is 0.298 e. The number of ketones is 1. The molecule has 0 aliphatic heterocycles. The van der Waals surface area contributed by atoms with Gasteiger partial charge in [0, 0.05) is 9.45 Å². The molecule has 0 spiro atoms. The third-order valence-corrected chi connectivity index (χ3v) is 3.38. The van der Waals surface area contributed by atoms with Gasteiger partial charge in [-0.2, -0.15) is 0 Å². The zero-order valence-electron chi connectivity index (χ0n) is 7.56. The lowest BCUT2D eigenvalue weighted by atomic mass is 10.0. The van der Waals surface area contributed by atoms with Crippen molar-refractivity contribution >= 4 is 51.6 Å². The van der Waals surface area contributed by atoms with E-state index in [0.29, 0.717) is 5.88 Å². The lowest BCUT2D eigenvalue weighted by molar-refractivity contribution is -0.116. The lowest BCUT2D eigenvalue weighted by Crippen LogP contribution is -2.04. The molecule has 1 aromatic carbocycles. The van der Waals surface area contributed by atoms with Crippen LogP contribution in [0.25, 0.3) is 0 Å². The van der Waals surface area contributed by atoms with Crippen molar-refractivity contribution in [3.05, 3.63) is 32.9 Å². The molecule has 1 rings (SSSR count). The van der Waals surface area contributed by atoms with E-state index >= 15 is 0 Å². The van der Waals surface area contributed by atoms with E-state index in [1.807, 2.05) is 18.2 Å². The second-order valence-corrected chi connectivity index (χ2v) is 4.90. The highest BCUT2D eigenvalue weighted by molar-refractivity contribution is 14.1. The van der Waals surface area contributed by atoms with Crippen molar-refractivity contribution in [3.63, 3.8) is 0 Å². The molecule has 1 aromatic rings. The van der Waals surface area contributed by atoms with E-state index in [-0.39, 0.29) is 5.78 Å². The summed E-state index contributed by atoms with van der Waals surface area (Å²) in [4.78, 5) is 11.1. The van der Waals surface area contributed by atoms with Crippen LogP contribution in [0.4, 0.5) is 0 Å². The standard InChI is InChI=1S/C10H9Cl2IO/c1-6(14)10(12)9-3-2-8(13)4-7(9)5-11/h2-4,10H,5H2,1H3. The van der Waals surface area contributed by atoms with E-state index in [9.17, 15) is 4.79 Å². The highest BCUT2D eigenvalue weighted by Gasteiger charge is 2.16. The third kappa shape index (κ3) is 2.84. The topological polar surface area (TPSA) is 17.1 Å². The molecule has 76 valence electrons. The van der Waals surface area contributed by atoms with E-state index in [2.05, 4.69) is 22.6 Å². The quantitative estimate of drug-likeness (QED) is 0.601. The highest BCUT2D eigenvalue weighted by atomic mass is 127. The highest BCUT2D eigenvalue weighted by Crippen LogP contribution is 2.27. The minimum absolute atomic E-state index is 0.0563. The van der Waals surface area contributed by atoms with Crippen molar-refractivity contribution < 1.29 is 4.79 Å². The van der Waals surface area contributed by atoms with Gasteiger partial charge < -0.3 is 0 Å². The summed E-state index contributed by atoms with van der Waals surface area (Å²) >= 11 is 13.9. The van der Waals surface area contributed by atoms with Crippen LogP contribution in [-0.4, -0.2) is 5.78 Å². The van der Waals surface area contributed by atoms with Crippen LogP contribution < -0.4 is 0 Å². The van der Waals surface area contributed by atoms with Gasteiger partial charge in [0.25, 0.3) is 0 Å². The lowest BCUT2D eigenvalue weighted by Gasteiger charge is -2.10. The minimum Gasteiger partial charge on any atom is -0.298 e. The Balaban J connectivity index is 3.13. The molecule has 0 bridgehead atoms. The minimum atomic E-state index is -0.583. The Hall–Kier alpha value is 0.200. The number of alkyl halides is 2. The van der Waals surface area contributed by atoms with Crippen LogP contribution >= 0.6 is 45.8 Å². The normalized spacial score (nSPS) is 12.6. The van der Waals surface area contributed by atoms with Gasteiger partial charge in [0.15, 0.2) is 5.78 Å². The Kier molecular flexibility index (Phi) is 4.67. The summed E-state index contributed by atoms with van der Waals surface area (Å²) < 4.78 is 1.09. The van der Waals surface area contributed by atoms with Gasteiger partial charge in [0.2, 0.25) is 0 Å². The predicted octanol–water partition coefficient (Wildman–Crippen LogP) is 3.90. The molecule has 0 aromatic heterocycles. The molecular formula is C10H9Cl2IO. The van der Waals surface area contributed by atoms with Crippen LogP contribution in [0.3, 0.4) is 0 Å². The van der Waals surface area contributed by atoms with Crippen molar-refractivity contribution in [2.75, 3.05) is 0 Å². The maximum absolute atomic E-state index is 11.1. The fourth-order valence-electron chi connectivity index (χ4n) is 1.16. The molecule has 0 aliphatic rings. The van der Waals surface area contributed by atoms with Gasteiger partial charge in [-0.3, -0.25) is 4.79 Å². The van der Waals surface area contributed by atoms with Crippen molar-refractivity contribution in [3.8, 4) is 0 Å². The Morgan fingerprint density at radius 3 is 2.71 bits per heavy atom. The monoisotopic (exact) mass is 342 g/mol. The maximum atomic E-state index is 11.1. The van der Waals surface area contributed by atoms with Gasteiger partial charge in [-0.15, -0.1) is 23.2 Å². The summed E-state index contributed by atoms with van der Waals surface area (Å²) in [7, 11) is 0. The number of hydrogen-bond donors (Lipinski definition) is 0. The van der Waals surface area contributed by atoms with Crippen LogP contribution in [-0.2, 0) is 10.7 Å². The number of Topliss-reactive ketones (excluding diaryl/α,β-unsaturated/α-hetero) is 1. The molecule has 0 radical (unpaired) electrons. The molecule has 0 saturated heterocycles. The first kappa shape index (κ1) is 12.3. The van der Waals surface area contributed by atoms with Crippen LogP contribution in [0, 0.1) is 3.57 Å². The molecular weight excluding hydrogens is 334 g/mol. The van der Waals surface area contributed by atoms with E-state index in [4.69, 9.17) is 23.2 Å². The second kappa shape index (κ2) is 5.33. The van der Waals surface area contributed by atoms with E-state index < -0.39 is 5.38 Å².